The minimum absolute atomic E-state index is 0.0625. The molecule has 1 saturated carbocycles. The predicted octanol–water partition coefficient (Wildman–Crippen LogP) is 4.69. The van der Waals surface area contributed by atoms with Gasteiger partial charge in [0, 0.05) is 29.9 Å². The van der Waals surface area contributed by atoms with E-state index < -0.39 is 0 Å². The third-order valence-corrected chi connectivity index (χ3v) is 7.36. The van der Waals surface area contributed by atoms with Gasteiger partial charge in [0.25, 0.3) is 0 Å². The van der Waals surface area contributed by atoms with Gasteiger partial charge in [-0.05, 0) is 56.4 Å². The van der Waals surface area contributed by atoms with Crippen molar-refractivity contribution in [2.45, 2.75) is 38.1 Å². The van der Waals surface area contributed by atoms with Crippen LogP contribution in [0.4, 0.5) is 0 Å². The van der Waals surface area contributed by atoms with Crippen LogP contribution in [-0.4, -0.2) is 23.5 Å². The number of hydrogen-bond donors (Lipinski definition) is 1. The number of carbonyl (C=O) groups excluding carboxylic acids is 1. The Kier molecular flexibility index (Phi) is 8.06. The fourth-order valence-electron chi connectivity index (χ4n) is 3.21. The van der Waals surface area contributed by atoms with Crippen LogP contribution in [0.1, 0.15) is 31.2 Å². The molecular weight excluding hydrogens is 346 g/mol. The molecule has 25 heavy (non-hydrogen) atoms. The van der Waals surface area contributed by atoms with Gasteiger partial charge >= 0.3 is 0 Å². The molecule has 1 aromatic carbocycles. The average molecular weight is 373 g/mol. The molecule has 2 nitrogen and oxygen atoms in total. The Hall–Kier alpha value is -0.610. The van der Waals surface area contributed by atoms with Crippen LogP contribution in [0.3, 0.4) is 0 Å². The van der Waals surface area contributed by atoms with Crippen LogP contribution in [0.2, 0.25) is 0 Å². The largest absolute Gasteiger partial charge is 0.352 e. The molecule has 1 heterocycles. The van der Waals surface area contributed by atoms with Crippen LogP contribution >= 0.6 is 21.6 Å². The first kappa shape index (κ1) is 19.2. The van der Waals surface area contributed by atoms with Crippen molar-refractivity contribution in [1.82, 2.24) is 5.32 Å². The van der Waals surface area contributed by atoms with Crippen molar-refractivity contribution in [1.29, 1.82) is 0 Å². The first-order chi connectivity index (χ1) is 12.3. The zero-order valence-electron chi connectivity index (χ0n) is 14.5. The molecule has 5 radical (unpaired) electrons. The third-order valence-electron chi connectivity index (χ3n) is 4.67. The predicted molar refractivity (Wildman–Crippen MR) is 109 cm³/mol. The molecule has 133 valence electrons. The van der Waals surface area contributed by atoms with Gasteiger partial charge in [-0.2, -0.15) is 0 Å². The molecule has 1 saturated heterocycles. The van der Waals surface area contributed by atoms with E-state index >= 15 is 0 Å². The molecule has 3 rings (SSSR count). The van der Waals surface area contributed by atoms with Gasteiger partial charge < -0.3 is 5.32 Å². The van der Waals surface area contributed by atoms with E-state index in [1.54, 1.807) is 0 Å². The van der Waals surface area contributed by atoms with Crippen molar-refractivity contribution in [2.75, 3.05) is 11.5 Å². The Morgan fingerprint density at radius 2 is 1.80 bits per heavy atom. The van der Waals surface area contributed by atoms with Crippen molar-refractivity contribution in [3.05, 3.63) is 67.5 Å². The van der Waals surface area contributed by atoms with Crippen molar-refractivity contribution < 1.29 is 4.79 Å². The number of benzene rings is 1. The highest BCUT2D eigenvalue weighted by atomic mass is 33.1. The van der Waals surface area contributed by atoms with Gasteiger partial charge in [-0.25, -0.2) is 0 Å². The van der Waals surface area contributed by atoms with Crippen LogP contribution in [0.15, 0.2) is 30.3 Å². The molecule has 0 bridgehead atoms. The number of unbranched alkanes of at least 4 members (excludes halogenated alkanes) is 1. The molecule has 4 heteroatoms. The first-order valence-electron chi connectivity index (χ1n) is 9.10. The molecule has 2 aliphatic rings. The fourth-order valence-corrected chi connectivity index (χ4v) is 6.24. The Labute approximate surface area is 160 Å². The topological polar surface area (TPSA) is 29.1 Å². The lowest BCUT2D eigenvalue weighted by molar-refractivity contribution is -0.121. The summed E-state index contributed by atoms with van der Waals surface area (Å²) in [6.07, 6.45) is 13.2. The van der Waals surface area contributed by atoms with Crippen molar-refractivity contribution in [2.24, 2.45) is 5.92 Å². The number of hydrogen-bond acceptors (Lipinski definition) is 3. The average Bonchev–Trinajstić information content (AvgIpc) is 3.33. The third kappa shape index (κ3) is 6.56. The van der Waals surface area contributed by atoms with E-state index in [-0.39, 0.29) is 11.9 Å². The number of rotatable bonds is 9. The summed E-state index contributed by atoms with van der Waals surface area (Å²) < 4.78 is 0. The second-order valence-electron chi connectivity index (χ2n) is 6.71. The molecule has 1 N–H and O–H groups in total. The quantitative estimate of drug-likeness (QED) is 0.504. The monoisotopic (exact) mass is 372 g/mol. The van der Waals surface area contributed by atoms with Gasteiger partial charge in [-0.15, -0.1) is 0 Å². The molecule has 1 aromatic rings. The van der Waals surface area contributed by atoms with Crippen LogP contribution in [-0.2, 0) is 11.2 Å². The zero-order chi connectivity index (χ0) is 17.3. The summed E-state index contributed by atoms with van der Waals surface area (Å²) in [6.45, 7) is 0. The summed E-state index contributed by atoms with van der Waals surface area (Å²) in [7, 11) is 3.98. The van der Waals surface area contributed by atoms with E-state index in [2.05, 4.69) is 42.4 Å². The highest BCUT2D eigenvalue weighted by molar-refractivity contribution is 8.77. The number of amides is 1. The molecule has 1 amide bonds. The Bertz CT molecular complexity index is 510. The van der Waals surface area contributed by atoms with Crippen molar-refractivity contribution in [3.8, 4) is 0 Å². The second kappa shape index (κ2) is 10.5. The number of nitrogens with one attached hydrogen (secondary N) is 1. The Balaban J connectivity index is 1.42. The molecule has 1 atom stereocenters. The maximum Gasteiger partial charge on any atom is 0.220 e. The normalized spacial score (nSPS) is 20.0. The van der Waals surface area contributed by atoms with E-state index in [1.807, 2.05) is 40.5 Å². The summed E-state index contributed by atoms with van der Waals surface area (Å²) in [6, 6.07) is 10.4. The summed E-state index contributed by atoms with van der Waals surface area (Å²) in [4.78, 5) is 12.4. The van der Waals surface area contributed by atoms with E-state index in [9.17, 15) is 4.79 Å². The zero-order valence-corrected chi connectivity index (χ0v) is 16.2. The van der Waals surface area contributed by atoms with Crippen LogP contribution in [0.5, 0.6) is 0 Å². The maximum atomic E-state index is 12.4. The molecule has 0 unspecified atom stereocenters. The molecule has 1 aliphatic heterocycles. The van der Waals surface area contributed by atoms with Crippen molar-refractivity contribution in [3.63, 3.8) is 0 Å². The minimum atomic E-state index is 0.0625. The summed E-state index contributed by atoms with van der Waals surface area (Å²) >= 11 is 0. The smallest absolute Gasteiger partial charge is 0.220 e. The van der Waals surface area contributed by atoms with Gasteiger partial charge in [0.1, 0.15) is 0 Å². The van der Waals surface area contributed by atoms with Crippen molar-refractivity contribution >= 4 is 27.5 Å². The standard InChI is InChI=1S/C21H26NOS2/c23-21(13-7-4-10-18-15-24-25-16-18)22-20(19-11-5-6-12-19)14-17-8-2-1-3-9-17/h1-3,5-6,8-9,11-12,18,20H,4,7,10,13-16H2,(H,22,23)/t20-/m1/s1. The second-order valence-corrected chi connectivity index (χ2v) is 9.26. The SMILES string of the molecule is O=C(CCCCC1CSSC1)N[C@H](Cc1ccccc1)[C]1[CH][CH][CH][CH]1. The van der Waals surface area contributed by atoms with Crippen LogP contribution in [0, 0.1) is 37.5 Å². The molecule has 0 spiro atoms. The Morgan fingerprint density at radius 1 is 1.08 bits per heavy atom. The molecule has 1 aliphatic carbocycles. The summed E-state index contributed by atoms with van der Waals surface area (Å²) in [5.74, 6) is 4.79. The van der Waals surface area contributed by atoms with E-state index in [4.69, 9.17) is 0 Å². The van der Waals surface area contributed by atoms with E-state index in [1.165, 1.54) is 35.8 Å². The van der Waals surface area contributed by atoms with Crippen LogP contribution < -0.4 is 5.32 Å². The highest BCUT2D eigenvalue weighted by Crippen LogP contribution is 2.36. The lowest BCUT2D eigenvalue weighted by atomic mass is 9.92. The fraction of sp³-hybridized carbons (Fsp3) is 0.429. The highest BCUT2D eigenvalue weighted by Gasteiger charge is 2.27. The van der Waals surface area contributed by atoms with Gasteiger partial charge in [0.2, 0.25) is 5.91 Å². The molecular formula is C21H26NOS2. The Morgan fingerprint density at radius 3 is 2.52 bits per heavy atom. The number of carbonyl (C=O) groups is 1. The van der Waals surface area contributed by atoms with Gasteiger partial charge in [-0.3, -0.25) is 4.79 Å². The lowest BCUT2D eigenvalue weighted by Gasteiger charge is -2.24. The van der Waals surface area contributed by atoms with Crippen LogP contribution in [0.25, 0.3) is 0 Å². The summed E-state index contributed by atoms with van der Waals surface area (Å²) in [5, 5.41) is 3.25. The summed E-state index contributed by atoms with van der Waals surface area (Å²) in [5.41, 5.74) is 1.25. The van der Waals surface area contributed by atoms with Gasteiger partial charge in [0.15, 0.2) is 0 Å². The van der Waals surface area contributed by atoms with Gasteiger partial charge in [0.05, 0.1) is 0 Å². The maximum absolute atomic E-state index is 12.4. The van der Waals surface area contributed by atoms with E-state index in [0.717, 1.165) is 18.8 Å². The first-order valence-corrected chi connectivity index (χ1v) is 11.6. The lowest BCUT2D eigenvalue weighted by Crippen LogP contribution is -2.40. The minimum Gasteiger partial charge on any atom is -0.352 e. The van der Waals surface area contributed by atoms with E-state index in [0.29, 0.717) is 6.42 Å². The molecule has 2 fully saturated rings. The van der Waals surface area contributed by atoms with Gasteiger partial charge in [-0.1, -0.05) is 58.3 Å². The molecule has 0 aromatic heterocycles.